The molecule has 4 aromatic rings. The van der Waals surface area contributed by atoms with Gasteiger partial charge in [0, 0.05) is 0 Å². The number of hydrogen-bond acceptors (Lipinski definition) is 5. The summed E-state index contributed by atoms with van der Waals surface area (Å²) in [6.07, 6.45) is 1.74. The molecule has 2 aromatic carbocycles. The summed E-state index contributed by atoms with van der Waals surface area (Å²) in [4.78, 5) is 13.2. The van der Waals surface area contributed by atoms with E-state index in [-0.39, 0.29) is 11.9 Å². The van der Waals surface area contributed by atoms with Gasteiger partial charge in [-0.05, 0) is 18.1 Å². The molecule has 1 atom stereocenters. The second kappa shape index (κ2) is 7.26. The summed E-state index contributed by atoms with van der Waals surface area (Å²) in [5.41, 5.74) is 3.58. The lowest BCUT2D eigenvalue weighted by Gasteiger charge is -2.15. The summed E-state index contributed by atoms with van der Waals surface area (Å²) in [5.74, 6) is 0.694. The number of rotatable bonds is 5. The van der Waals surface area contributed by atoms with Crippen LogP contribution in [0.2, 0.25) is 0 Å². The van der Waals surface area contributed by atoms with E-state index in [1.54, 1.807) is 6.33 Å². The molecule has 0 aliphatic carbocycles. The van der Waals surface area contributed by atoms with Crippen LogP contribution < -0.4 is 5.32 Å². The molecule has 2 heterocycles. The molecule has 0 aliphatic heterocycles. The van der Waals surface area contributed by atoms with Gasteiger partial charge in [0.25, 0.3) is 0 Å². The Morgan fingerprint density at radius 3 is 2.44 bits per heavy atom. The fourth-order valence-electron chi connectivity index (χ4n) is 3.02. The number of hydrogen-bond donors (Lipinski definition) is 1. The molecule has 27 heavy (non-hydrogen) atoms. The number of imidazole rings is 1. The first-order valence-electron chi connectivity index (χ1n) is 8.73. The summed E-state index contributed by atoms with van der Waals surface area (Å²) in [6.45, 7) is 2.68. The molecule has 0 fully saturated rings. The molecule has 4 rings (SSSR count). The third kappa shape index (κ3) is 3.48. The number of nitriles is 1. The van der Waals surface area contributed by atoms with E-state index < -0.39 is 0 Å². The maximum Gasteiger partial charge on any atom is 0.236 e. The molecule has 1 unspecified atom stereocenters. The van der Waals surface area contributed by atoms with Gasteiger partial charge in [0.2, 0.25) is 5.82 Å². The van der Waals surface area contributed by atoms with Crippen molar-refractivity contribution in [1.82, 2.24) is 19.5 Å². The van der Waals surface area contributed by atoms with Crippen LogP contribution in [0.25, 0.3) is 11.2 Å². The van der Waals surface area contributed by atoms with Crippen LogP contribution in [0.5, 0.6) is 0 Å². The van der Waals surface area contributed by atoms with Gasteiger partial charge in [-0.1, -0.05) is 60.7 Å². The van der Waals surface area contributed by atoms with Crippen molar-refractivity contribution in [3.8, 4) is 6.07 Å². The van der Waals surface area contributed by atoms with E-state index >= 15 is 0 Å². The van der Waals surface area contributed by atoms with Crippen LogP contribution in [0.4, 0.5) is 5.82 Å². The summed E-state index contributed by atoms with van der Waals surface area (Å²) < 4.78 is 1.94. The molecule has 0 saturated carbocycles. The van der Waals surface area contributed by atoms with Crippen molar-refractivity contribution in [3.05, 3.63) is 83.9 Å². The Balaban J connectivity index is 1.72. The van der Waals surface area contributed by atoms with Gasteiger partial charge in [-0.2, -0.15) is 15.2 Å². The standard InChI is InChI=1S/C21H18N6/c1-15(17-10-6-3-7-11-17)24-20-19-21(26-18(12-22)25-20)27(14-23-19)13-16-8-4-2-5-9-16/h2-11,14-15H,13H2,1H3,(H,24,25,26). The maximum absolute atomic E-state index is 9.36. The fraction of sp³-hybridized carbons (Fsp3) is 0.143. The van der Waals surface area contributed by atoms with Gasteiger partial charge in [0.1, 0.15) is 6.07 Å². The highest BCUT2D eigenvalue weighted by atomic mass is 15.2. The first-order valence-corrected chi connectivity index (χ1v) is 8.73. The molecule has 2 aromatic heterocycles. The largest absolute Gasteiger partial charge is 0.362 e. The first-order chi connectivity index (χ1) is 13.2. The third-order valence-electron chi connectivity index (χ3n) is 4.41. The van der Waals surface area contributed by atoms with Crippen LogP contribution in [-0.4, -0.2) is 19.5 Å². The Bertz CT molecular complexity index is 1100. The van der Waals surface area contributed by atoms with Gasteiger partial charge < -0.3 is 9.88 Å². The molecule has 0 aliphatic rings. The predicted octanol–water partition coefficient (Wildman–Crippen LogP) is 3.92. The van der Waals surface area contributed by atoms with Crippen molar-refractivity contribution in [2.24, 2.45) is 0 Å². The Labute approximate surface area is 157 Å². The van der Waals surface area contributed by atoms with Crippen LogP contribution in [0, 0.1) is 11.3 Å². The number of nitrogens with one attached hydrogen (secondary N) is 1. The average Bonchev–Trinajstić information content (AvgIpc) is 3.12. The van der Waals surface area contributed by atoms with Gasteiger partial charge in [0.15, 0.2) is 17.0 Å². The van der Waals surface area contributed by atoms with Crippen LogP contribution >= 0.6 is 0 Å². The molecule has 0 amide bonds. The lowest BCUT2D eigenvalue weighted by atomic mass is 10.1. The van der Waals surface area contributed by atoms with E-state index in [9.17, 15) is 5.26 Å². The van der Waals surface area contributed by atoms with Crippen molar-refractivity contribution in [2.75, 3.05) is 5.32 Å². The number of fused-ring (bicyclic) bond motifs is 1. The maximum atomic E-state index is 9.36. The highest BCUT2D eigenvalue weighted by Crippen LogP contribution is 2.24. The van der Waals surface area contributed by atoms with Crippen molar-refractivity contribution < 1.29 is 0 Å². The monoisotopic (exact) mass is 354 g/mol. The molecule has 6 heteroatoms. The van der Waals surface area contributed by atoms with Crippen LogP contribution in [0.3, 0.4) is 0 Å². The van der Waals surface area contributed by atoms with Gasteiger partial charge in [-0.15, -0.1) is 0 Å². The van der Waals surface area contributed by atoms with Gasteiger partial charge in [-0.25, -0.2) is 4.98 Å². The zero-order valence-corrected chi connectivity index (χ0v) is 14.9. The number of anilines is 1. The quantitative estimate of drug-likeness (QED) is 0.587. The van der Waals surface area contributed by atoms with E-state index in [1.807, 2.05) is 41.0 Å². The van der Waals surface area contributed by atoms with Crippen LogP contribution in [-0.2, 0) is 6.54 Å². The van der Waals surface area contributed by atoms with E-state index in [0.29, 0.717) is 23.5 Å². The molecule has 0 spiro atoms. The first kappa shape index (κ1) is 16.7. The molecular weight excluding hydrogens is 336 g/mol. The minimum atomic E-state index is 0.0233. The van der Waals surface area contributed by atoms with Crippen LogP contribution in [0.1, 0.15) is 29.9 Å². The van der Waals surface area contributed by atoms with Gasteiger partial charge in [-0.3, -0.25) is 0 Å². The molecular formula is C21H18N6. The molecule has 1 N–H and O–H groups in total. The summed E-state index contributed by atoms with van der Waals surface area (Å²) in [6, 6.07) is 22.2. The second-order valence-electron chi connectivity index (χ2n) is 6.31. The Morgan fingerprint density at radius 1 is 1.04 bits per heavy atom. The molecule has 0 radical (unpaired) electrons. The third-order valence-corrected chi connectivity index (χ3v) is 4.41. The average molecular weight is 354 g/mol. The van der Waals surface area contributed by atoms with Gasteiger partial charge in [0.05, 0.1) is 18.9 Å². The molecule has 6 nitrogen and oxygen atoms in total. The van der Waals surface area contributed by atoms with Crippen molar-refractivity contribution in [3.63, 3.8) is 0 Å². The number of benzene rings is 2. The highest BCUT2D eigenvalue weighted by molar-refractivity contribution is 5.83. The lowest BCUT2D eigenvalue weighted by Crippen LogP contribution is -2.10. The highest BCUT2D eigenvalue weighted by Gasteiger charge is 2.16. The topological polar surface area (TPSA) is 79.4 Å². The smallest absolute Gasteiger partial charge is 0.236 e. The minimum absolute atomic E-state index is 0.0233. The lowest BCUT2D eigenvalue weighted by molar-refractivity contribution is 0.811. The summed E-state index contributed by atoms with van der Waals surface area (Å²) in [7, 11) is 0. The zero-order chi connectivity index (χ0) is 18.6. The van der Waals surface area contributed by atoms with E-state index in [4.69, 9.17) is 0 Å². The van der Waals surface area contributed by atoms with Crippen molar-refractivity contribution in [2.45, 2.75) is 19.5 Å². The minimum Gasteiger partial charge on any atom is -0.362 e. The van der Waals surface area contributed by atoms with E-state index in [2.05, 4.69) is 57.5 Å². The number of aromatic nitrogens is 4. The second-order valence-corrected chi connectivity index (χ2v) is 6.31. The normalized spacial score (nSPS) is 11.9. The van der Waals surface area contributed by atoms with E-state index in [0.717, 1.165) is 11.1 Å². The van der Waals surface area contributed by atoms with Crippen molar-refractivity contribution in [1.29, 1.82) is 5.26 Å². The van der Waals surface area contributed by atoms with E-state index in [1.165, 1.54) is 0 Å². The van der Waals surface area contributed by atoms with Crippen LogP contribution in [0.15, 0.2) is 67.0 Å². The number of nitrogens with zero attached hydrogens (tertiary/aromatic N) is 5. The summed E-state index contributed by atoms with van der Waals surface area (Å²) >= 11 is 0. The Morgan fingerprint density at radius 2 is 1.74 bits per heavy atom. The summed E-state index contributed by atoms with van der Waals surface area (Å²) in [5, 5.41) is 12.7. The fourth-order valence-corrected chi connectivity index (χ4v) is 3.02. The zero-order valence-electron chi connectivity index (χ0n) is 14.9. The molecule has 0 saturated heterocycles. The Hall–Kier alpha value is -3.72. The predicted molar refractivity (Wildman–Crippen MR) is 104 cm³/mol. The molecule has 132 valence electrons. The Kier molecular flexibility index (Phi) is 4.50. The SMILES string of the molecule is CC(Nc1nc(C#N)nc2c1ncn2Cc1ccccc1)c1ccccc1. The van der Waals surface area contributed by atoms with Gasteiger partial charge >= 0.3 is 0 Å². The molecule has 0 bridgehead atoms. The van der Waals surface area contributed by atoms with Crippen molar-refractivity contribution >= 4 is 17.0 Å².